The van der Waals surface area contributed by atoms with Crippen molar-refractivity contribution in [3.05, 3.63) is 41.1 Å². The summed E-state index contributed by atoms with van der Waals surface area (Å²) in [4.78, 5) is 80.1. The third-order valence-electron chi connectivity index (χ3n) is 7.20. The van der Waals surface area contributed by atoms with Crippen LogP contribution in [-0.4, -0.2) is 146 Å². The molecule has 20 heteroatoms. The molecular weight excluding hydrogens is 643 g/mol. The number of rotatable bonds is 9. The number of carbonyl (C=O) groups excluding carboxylic acids is 5. The van der Waals surface area contributed by atoms with E-state index in [0.29, 0.717) is 22.2 Å². The Morgan fingerprint density at radius 2 is 1.87 bits per heavy atom. The Labute approximate surface area is 283 Å². The Kier molecular flexibility index (Phi) is 10.6. The van der Waals surface area contributed by atoms with Crippen molar-refractivity contribution in [2.24, 2.45) is 7.05 Å². The summed E-state index contributed by atoms with van der Waals surface area (Å²) in [7, 11) is 1.64. The molecule has 4 heterocycles. The number of hydrogen-bond donors (Lipinski definition) is 4. The van der Waals surface area contributed by atoms with Gasteiger partial charge in [0.05, 0.1) is 0 Å². The zero-order valence-corrected chi connectivity index (χ0v) is 27.1. The Bertz CT molecular complexity index is 1580. The molecule has 1 aromatic carbocycles. The fraction of sp³-hybridized carbons (Fsp3) is 0.400. The van der Waals surface area contributed by atoms with E-state index in [1.165, 1.54) is 57.4 Å². The number of amides is 6. The molecule has 0 radical (unpaired) electrons. The molecule has 3 aliphatic rings. The van der Waals surface area contributed by atoms with Crippen LogP contribution in [0.4, 0.5) is 4.79 Å². The van der Waals surface area contributed by atoms with Crippen LogP contribution in [-0.2, 0) is 31.0 Å². The van der Waals surface area contributed by atoms with Gasteiger partial charge in [0.15, 0.2) is 0 Å². The number of aromatic nitrogens is 4. The number of nitrogens with zero attached hydrogens (tertiary/aromatic N) is 7. The first kappa shape index (κ1) is 34.0. The topological polar surface area (TPSA) is 220 Å². The van der Waals surface area contributed by atoms with E-state index in [-0.39, 0.29) is 67.5 Å². The fourth-order valence-corrected chi connectivity index (χ4v) is 7.20. The maximum Gasteiger partial charge on any atom is 2.00 e. The SMILES string of the molecule is CCN1CCN(C(=O)NC(C(=O)N[C@@H]2C(=O)N3C(C(=O)O)=C(CSc4nnnn4C)CS[C@H]23)c2ccc(O)cc2)C(=O)C1=O.[H-].[H-].[Mg+2]. The number of phenols is 1. The Hall–Kier alpha value is -3.88. The first-order valence-electron chi connectivity index (χ1n) is 13.3. The van der Waals surface area contributed by atoms with E-state index < -0.39 is 53.1 Å². The van der Waals surface area contributed by atoms with E-state index in [2.05, 4.69) is 26.2 Å². The first-order valence-corrected chi connectivity index (χ1v) is 15.3. The number of tetrazole rings is 1. The maximum atomic E-state index is 13.6. The zero-order chi connectivity index (χ0) is 31.7. The number of carboxylic acid groups (broad SMARTS) is 1. The van der Waals surface area contributed by atoms with E-state index in [4.69, 9.17) is 0 Å². The normalized spacial score (nSPS) is 20.2. The number of aryl methyl sites for hydroxylation is 1. The first-order chi connectivity index (χ1) is 21.0. The van der Waals surface area contributed by atoms with Gasteiger partial charge in [0.25, 0.3) is 5.91 Å². The van der Waals surface area contributed by atoms with Gasteiger partial charge < -0.3 is 28.6 Å². The van der Waals surface area contributed by atoms with Crippen LogP contribution in [0.2, 0.25) is 0 Å². The van der Waals surface area contributed by atoms with Crippen LogP contribution in [0.25, 0.3) is 0 Å². The van der Waals surface area contributed by atoms with Gasteiger partial charge in [-0.3, -0.25) is 29.0 Å². The molecule has 45 heavy (non-hydrogen) atoms. The summed E-state index contributed by atoms with van der Waals surface area (Å²) >= 11 is 2.49. The number of fused-ring (bicyclic) bond motifs is 1. The third kappa shape index (κ3) is 6.72. The van der Waals surface area contributed by atoms with Gasteiger partial charge in [-0.1, -0.05) is 23.9 Å². The third-order valence-corrected chi connectivity index (χ3v) is 9.63. The summed E-state index contributed by atoms with van der Waals surface area (Å²) in [6.07, 6.45) is 0. The van der Waals surface area contributed by atoms with Crippen LogP contribution < -0.4 is 10.6 Å². The van der Waals surface area contributed by atoms with Crippen LogP contribution in [0.5, 0.6) is 5.75 Å². The van der Waals surface area contributed by atoms with Crippen molar-refractivity contribution in [1.82, 2.24) is 45.5 Å². The van der Waals surface area contributed by atoms with Gasteiger partial charge in [-0.25, -0.2) is 14.3 Å². The second-order valence-electron chi connectivity index (χ2n) is 9.84. The van der Waals surface area contributed by atoms with Crippen molar-refractivity contribution >= 4 is 82.2 Å². The number of nitrogens with one attached hydrogen (secondary N) is 2. The van der Waals surface area contributed by atoms with Crippen LogP contribution in [0.15, 0.2) is 40.7 Å². The van der Waals surface area contributed by atoms with Crippen molar-refractivity contribution < 1.29 is 41.8 Å². The summed E-state index contributed by atoms with van der Waals surface area (Å²) in [5.41, 5.74) is 0.536. The molecule has 1 aromatic heterocycles. The number of β-lactam (4-membered cyclic amide) rings is 1. The molecular formula is C25H29MgN9O8S2. The van der Waals surface area contributed by atoms with Crippen LogP contribution in [0, 0.1) is 0 Å². The molecule has 0 saturated carbocycles. The van der Waals surface area contributed by atoms with Crippen molar-refractivity contribution in [3.8, 4) is 5.75 Å². The molecule has 1 unspecified atom stereocenters. The second kappa shape index (κ2) is 14.0. The number of imide groups is 1. The van der Waals surface area contributed by atoms with Crippen LogP contribution in [0.3, 0.4) is 0 Å². The molecule has 236 valence electrons. The molecule has 2 saturated heterocycles. The quantitative estimate of drug-likeness (QED) is 0.106. The summed E-state index contributed by atoms with van der Waals surface area (Å²) in [5, 5.41) is 35.6. The van der Waals surface area contributed by atoms with Gasteiger partial charge in [-0.05, 0) is 40.6 Å². The number of aromatic hydroxyl groups is 1. The van der Waals surface area contributed by atoms with E-state index in [0.717, 1.165) is 4.90 Å². The molecule has 0 spiro atoms. The van der Waals surface area contributed by atoms with Crippen LogP contribution in [0.1, 0.15) is 21.4 Å². The zero-order valence-electron chi connectivity index (χ0n) is 26.1. The van der Waals surface area contributed by atoms with E-state index in [1.807, 2.05) is 0 Å². The largest absolute Gasteiger partial charge is 2.00 e. The van der Waals surface area contributed by atoms with Gasteiger partial charge >= 0.3 is 46.9 Å². The molecule has 0 bridgehead atoms. The molecule has 2 aromatic rings. The predicted molar refractivity (Wildman–Crippen MR) is 161 cm³/mol. The van der Waals surface area contributed by atoms with Gasteiger partial charge in [0.1, 0.15) is 28.9 Å². The number of aliphatic carboxylic acids is 1. The van der Waals surface area contributed by atoms with Crippen molar-refractivity contribution in [1.29, 1.82) is 0 Å². The van der Waals surface area contributed by atoms with E-state index in [9.17, 15) is 39.0 Å². The summed E-state index contributed by atoms with van der Waals surface area (Å²) in [6.45, 7) is 2.04. The fourth-order valence-electron chi connectivity index (χ4n) is 4.86. The summed E-state index contributed by atoms with van der Waals surface area (Å²) < 4.78 is 1.44. The number of carboxylic acids is 1. The number of carbonyl (C=O) groups is 6. The summed E-state index contributed by atoms with van der Waals surface area (Å²) in [5.74, 6) is -4.26. The van der Waals surface area contributed by atoms with Gasteiger partial charge in [0, 0.05) is 38.2 Å². The average molecular weight is 672 g/mol. The van der Waals surface area contributed by atoms with Crippen molar-refractivity contribution in [2.45, 2.75) is 29.5 Å². The minimum Gasteiger partial charge on any atom is -1.00 e. The second-order valence-corrected chi connectivity index (χ2v) is 11.9. The van der Waals surface area contributed by atoms with E-state index >= 15 is 0 Å². The minimum absolute atomic E-state index is 0. The molecule has 17 nitrogen and oxygen atoms in total. The van der Waals surface area contributed by atoms with E-state index in [1.54, 1.807) is 14.0 Å². The standard InChI is InChI=1S/C25H27N9O8S2.Mg.2H/c1-3-32-8-9-33(21(39)20(32)38)24(42)27-15(12-4-6-14(35)7-5-12)18(36)26-16-19(37)34-17(23(40)41)13(10-43-22(16)34)11-44-25-28-29-30-31(25)2;;;/h4-7,15-16,22,35H,3,8-11H2,1-2H3,(H,26,36)(H,27,42)(H,40,41);;;/q;+2;2*-1/t15?,16-,22-;;;/m1.../s1. The van der Waals surface area contributed by atoms with Gasteiger partial charge in [0.2, 0.25) is 11.1 Å². The number of urea groups is 1. The van der Waals surface area contributed by atoms with Crippen molar-refractivity contribution in [2.75, 3.05) is 31.1 Å². The number of phenolic OH excluding ortho intramolecular Hbond substituents is 1. The summed E-state index contributed by atoms with van der Waals surface area (Å²) in [6, 6.07) is 1.84. The number of benzene rings is 1. The smallest absolute Gasteiger partial charge is 1.00 e. The average Bonchev–Trinajstić information content (AvgIpc) is 3.42. The monoisotopic (exact) mass is 671 g/mol. The molecule has 3 atom stereocenters. The Morgan fingerprint density at radius 1 is 1.16 bits per heavy atom. The number of thioether (sulfide) groups is 2. The van der Waals surface area contributed by atoms with Gasteiger partial charge in [-0.15, -0.1) is 16.9 Å². The molecule has 5 rings (SSSR count). The number of hydrogen-bond acceptors (Lipinski definition) is 12. The molecule has 3 aliphatic heterocycles. The molecule has 0 aliphatic carbocycles. The van der Waals surface area contributed by atoms with Crippen LogP contribution >= 0.6 is 23.5 Å². The van der Waals surface area contributed by atoms with Gasteiger partial charge in [-0.2, -0.15) is 0 Å². The number of likely N-dealkylation sites (N-methyl/N-ethyl adjacent to an activating group) is 1. The Balaban J connectivity index is 0.00000256. The van der Waals surface area contributed by atoms with Crippen molar-refractivity contribution in [3.63, 3.8) is 0 Å². The molecule has 4 N–H and O–H groups in total. The minimum atomic E-state index is -1.42. The number of piperazine rings is 1. The Morgan fingerprint density at radius 3 is 2.49 bits per heavy atom. The predicted octanol–water partition coefficient (Wildman–Crippen LogP) is -1.27. The molecule has 6 amide bonds. The maximum absolute atomic E-state index is 13.6. The molecule has 2 fully saturated rings.